The number of nitrogens with two attached hydrogens (primary N) is 1. The van der Waals surface area contributed by atoms with Crippen molar-refractivity contribution in [2.24, 2.45) is 0 Å². The van der Waals surface area contributed by atoms with Crippen LogP contribution in [0.1, 0.15) is 17.6 Å². The lowest BCUT2D eigenvalue weighted by molar-refractivity contribution is 0.151. The SMILES string of the molecule is Nc1c[nH]c(=O)c(CCl)c1C(F)F. The maximum Gasteiger partial charge on any atom is 0.266 e. The summed E-state index contributed by atoms with van der Waals surface area (Å²) in [5, 5.41) is 0. The Morgan fingerprint density at radius 2 is 2.23 bits per heavy atom. The summed E-state index contributed by atoms with van der Waals surface area (Å²) in [4.78, 5) is 13.2. The van der Waals surface area contributed by atoms with Gasteiger partial charge >= 0.3 is 0 Å². The molecule has 0 unspecified atom stereocenters. The van der Waals surface area contributed by atoms with E-state index >= 15 is 0 Å². The van der Waals surface area contributed by atoms with E-state index in [0.717, 1.165) is 6.20 Å². The molecule has 1 aromatic rings. The highest BCUT2D eigenvalue weighted by atomic mass is 35.5. The third kappa shape index (κ3) is 1.80. The number of rotatable bonds is 2. The number of halogens is 3. The molecule has 0 amide bonds. The zero-order chi connectivity index (χ0) is 10.0. The van der Waals surface area contributed by atoms with Crippen LogP contribution in [-0.4, -0.2) is 4.98 Å². The van der Waals surface area contributed by atoms with Gasteiger partial charge in [0.25, 0.3) is 12.0 Å². The Morgan fingerprint density at radius 3 is 2.62 bits per heavy atom. The summed E-state index contributed by atoms with van der Waals surface area (Å²) in [5.41, 5.74) is 3.84. The normalized spacial score (nSPS) is 10.8. The van der Waals surface area contributed by atoms with Gasteiger partial charge in [-0.3, -0.25) is 4.79 Å². The highest BCUT2D eigenvalue weighted by Crippen LogP contribution is 2.26. The summed E-state index contributed by atoms with van der Waals surface area (Å²) in [6.45, 7) is 0. The van der Waals surface area contributed by atoms with E-state index in [1.807, 2.05) is 0 Å². The second-order valence-corrected chi connectivity index (χ2v) is 2.67. The maximum atomic E-state index is 12.4. The van der Waals surface area contributed by atoms with Crippen LogP contribution in [0.15, 0.2) is 11.0 Å². The smallest absolute Gasteiger partial charge is 0.266 e. The molecule has 0 saturated heterocycles. The van der Waals surface area contributed by atoms with Gasteiger partial charge in [0.2, 0.25) is 0 Å². The highest BCUT2D eigenvalue weighted by molar-refractivity contribution is 6.17. The van der Waals surface area contributed by atoms with E-state index in [4.69, 9.17) is 17.3 Å². The Kier molecular flexibility index (Phi) is 2.87. The lowest BCUT2D eigenvalue weighted by Crippen LogP contribution is -2.16. The number of nitrogens with one attached hydrogen (secondary N) is 1. The van der Waals surface area contributed by atoms with Crippen LogP contribution < -0.4 is 11.3 Å². The van der Waals surface area contributed by atoms with Crippen LogP contribution in [0.3, 0.4) is 0 Å². The molecule has 0 fully saturated rings. The number of alkyl halides is 3. The van der Waals surface area contributed by atoms with E-state index in [0.29, 0.717) is 0 Å². The Labute approximate surface area is 77.5 Å². The van der Waals surface area contributed by atoms with E-state index in [1.165, 1.54) is 0 Å². The zero-order valence-corrected chi connectivity index (χ0v) is 7.24. The first kappa shape index (κ1) is 9.98. The molecule has 3 nitrogen and oxygen atoms in total. The van der Waals surface area contributed by atoms with Crippen molar-refractivity contribution in [3.05, 3.63) is 27.7 Å². The van der Waals surface area contributed by atoms with Crippen molar-refractivity contribution in [1.29, 1.82) is 0 Å². The quantitative estimate of drug-likeness (QED) is 0.726. The standard InChI is InChI=1S/C7H7ClF2N2O/c8-1-3-5(6(9)10)4(11)2-12-7(3)13/h2,6H,1,11H2,(H,12,13). The van der Waals surface area contributed by atoms with Crippen molar-refractivity contribution >= 4 is 17.3 Å². The number of hydrogen-bond acceptors (Lipinski definition) is 2. The van der Waals surface area contributed by atoms with Gasteiger partial charge in [-0.1, -0.05) is 0 Å². The van der Waals surface area contributed by atoms with Crippen LogP contribution in [0.5, 0.6) is 0 Å². The second kappa shape index (κ2) is 3.74. The summed E-state index contributed by atoms with van der Waals surface area (Å²) >= 11 is 5.34. The molecule has 1 aromatic heterocycles. The molecule has 0 atom stereocenters. The third-order valence-electron chi connectivity index (χ3n) is 1.62. The molecule has 0 bridgehead atoms. The largest absolute Gasteiger partial charge is 0.397 e. The van der Waals surface area contributed by atoms with Gasteiger partial charge < -0.3 is 10.7 Å². The molecule has 1 heterocycles. The lowest BCUT2D eigenvalue weighted by Gasteiger charge is -2.07. The Hall–Kier alpha value is -1.10. The van der Waals surface area contributed by atoms with Crippen LogP contribution in [-0.2, 0) is 5.88 Å². The Balaban J connectivity index is 3.44. The van der Waals surface area contributed by atoms with E-state index in [-0.39, 0.29) is 17.1 Å². The number of anilines is 1. The van der Waals surface area contributed by atoms with Crippen molar-refractivity contribution < 1.29 is 8.78 Å². The van der Waals surface area contributed by atoms with Gasteiger partial charge in [-0.05, 0) is 0 Å². The summed E-state index contributed by atoms with van der Waals surface area (Å²) in [7, 11) is 0. The molecule has 1 rings (SSSR count). The van der Waals surface area contributed by atoms with Gasteiger partial charge in [0.15, 0.2) is 0 Å². The minimum Gasteiger partial charge on any atom is -0.397 e. The van der Waals surface area contributed by atoms with Crippen molar-refractivity contribution in [2.45, 2.75) is 12.3 Å². The van der Waals surface area contributed by atoms with E-state index < -0.39 is 17.5 Å². The minimum atomic E-state index is -2.78. The van der Waals surface area contributed by atoms with Gasteiger partial charge in [-0.25, -0.2) is 8.78 Å². The fourth-order valence-electron chi connectivity index (χ4n) is 0.995. The van der Waals surface area contributed by atoms with Gasteiger partial charge in [0, 0.05) is 11.8 Å². The van der Waals surface area contributed by atoms with Gasteiger partial charge in [0.05, 0.1) is 17.1 Å². The van der Waals surface area contributed by atoms with Crippen molar-refractivity contribution in [3.63, 3.8) is 0 Å². The number of hydrogen-bond donors (Lipinski definition) is 2. The van der Waals surface area contributed by atoms with Gasteiger partial charge in [-0.2, -0.15) is 0 Å². The Morgan fingerprint density at radius 1 is 1.62 bits per heavy atom. The van der Waals surface area contributed by atoms with Crippen LogP contribution in [0.4, 0.5) is 14.5 Å². The van der Waals surface area contributed by atoms with E-state index in [1.54, 1.807) is 0 Å². The summed E-state index contributed by atoms with van der Waals surface area (Å²) < 4.78 is 24.7. The molecule has 3 N–H and O–H groups in total. The summed E-state index contributed by atoms with van der Waals surface area (Å²) in [6.07, 6.45) is -1.74. The highest BCUT2D eigenvalue weighted by Gasteiger charge is 2.18. The topological polar surface area (TPSA) is 58.9 Å². The number of pyridine rings is 1. The number of aromatic nitrogens is 1. The van der Waals surface area contributed by atoms with Crippen LogP contribution >= 0.6 is 11.6 Å². The fourth-order valence-corrected chi connectivity index (χ4v) is 1.26. The number of aromatic amines is 1. The molecule has 0 radical (unpaired) electrons. The zero-order valence-electron chi connectivity index (χ0n) is 6.48. The lowest BCUT2D eigenvalue weighted by atomic mass is 10.1. The van der Waals surface area contributed by atoms with E-state index in [9.17, 15) is 13.6 Å². The van der Waals surface area contributed by atoms with Crippen molar-refractivity contribution in [3.8, 4) is 0 Å². The molecule has 0 aliphatic rings. The predicted molar refractivity (Wildman–Crippen MR) is 46.0 cm³/mol. The van der Waals surface area contributed by atoms with E-state index in [2.05, 4.69) is 4.98 Å². The molecule has 0 saturated carbocycles. The molecule has 0 aliphatic carbocycles. The first-order valence-electron chi connectivity index (χ1n) is 3.42. The van der Waals surface area contributed by atoms with Gasteiger partial charge in [0.1, 0.15) is 0 Å². The molecule has 13 heavy (non-hydrogen) atoms. The minimum absolute atomic E-state index is 0.148. The number of H-pyrrole nitrogens is 1. The monoisotopic (exact) mass is 208 g/mol. The molecule has 72 valence electrons. The summed E-state index contributed by atoms with van der Waals surface area (Å²) in [5.74, 6) is -0.278. The molecular formula is C7H7ClF2N2O. The van der Waals surface area contributed by atoms with Crippen LogP contribution in [0.25, 0.3) is 0 Å². The fraction of sp³-hybridized carbons (Fsp3) is 0.286. The van der Waals surface area contributed by atoms with Crippen molar-refractivity contribution in [2.75, 3.05) is 5.73 Å². The number of nitrogen functional groups attached to an aromatic ring is 1. The second-order valence-electron chi connectivity index (χ2n) is 2.40. The first-order valence-corrected chi connectivity index (χ1v) is 3.95. The molecule has 0 spiro atoms. The molecule has 0 aromatic carbocycles. The van der Waals surface area contributed by atoms with Gasteiger partial charge in [-0.15, -0.1) is 11.6 Å². The average molecular weight is 209 g/mol. The summed E-state index contributed by atoms with van der Waals surface area (Å²) in [6, 6.07) is 0. The molecule has 6 heteroatoms. The van der Waals surface area contributed by atoms with Crippen molar-refractivity contribution in [1.82, 2.24) is 4.98 Å². The predicted octanol–water partition coefficient (Wildman–Crippen LogP) is 1.63. The molecule has 0 aliphatic heterocycles. The maximum absolute atomic E-state index is 12.4. The third-order valence-corrected chi connectivity index (χ3v) is 1.89. The first-order chi connectivity index (χ1) is 6.07. The average Bonchev–Trinajstić information content (AvgIpc) is 2.07. The van der Waals surface area contributed by atoms with Crippen LogP contribution in [0, 0.1) is 0 Å². The van der Waals surface area contributed by atoms with Crippen LogP contribution in [0.2, 0.25) is 0 Å². The molecular weight excluding hydrogens is 202 g/mol. The Bertz CT molecular complexity index is 364.